The quantitative estimate of drug-likeness (QED) is 0.341. The fourth-order valence-corrected chi connectivity index (χ4v) is 6.32. The third-order valence-corrected chi connectivity index (χ3v) is 8.56. The number of amides is 3. The molecule has 4 rings (SSSR count). The highest BCUT2D eigenvalue weighted by molar-refractivity contribution is 5.87. The number of aromatic amines is 1. The van der Waals surface area contributed by atoms with Gasteiger partial charge in [-0.1, -0.05) is 31.4 Å². The van der Waals surface area contributed by atoms with E-state index in [0.717, 1.165) is 36.9 Å². The number of benzene rings is 1. The molecule has 0 bridgehead atoms. The number of urea groups is 1. The van der Waals surface area contributed by atoms with E-state index in [1.54, 1.807) is 29.6 Å². The van der Waals surface area contributed by atoms with Crippen LogP contribution < -0.4 is 10.6 Å². The Labute approximate surface area is 229 Å². The fraction of sp³-hybridized carbons (Fsp3) is 0.586. The highest BCUT2D eigenvalue weighted by Gasteiger charge is 2.43. The number of hydrogen-bond acceptors (Lipinski definition) is 4. The van der Waals surface area contributed by atoms with Crippen LogP contribution in [0.15, 0.2) is 36.8 Å². The van der Waals surface area contributed by atoms with Gasteiger partial charge in [0, 0.05) is 45.1 Å². The zero-order valence-electron chi connectivity index (χ0n) is 22.5. The average molecular weight is 542 g/mol. The Kier molecular flexibility index (Phi) is 9.95. The zero-order chi connectivity index (χ0) is 27.7. The molecule has 1 saturated carbocycles. The Morgan fingerprint density at radius 1 is 1.13 bits per heavy atom. The van der Waals surface area contributed by atoms with Gasteiger partial charge >= 0.3 is 12.0 Å². The maximum Gasteiger partial charge on any atom is 0.315 e. The predicted molar refractivity (Wildman–Crippen MR) is 144 cm³/mol. The van der Waals surface area contributed by atoms with Crippen molar-refractivity contribution in [1.82, 2.24) is 25.5 Å². The van der Waals surface area contributed by atoms with E-state index < -0.39 is 18.0 Å². The molecule has 1 aliphatic carbocycles. The van der Waals surface area contributed by atoms with Crippen LogP contribution in [0.1, 0.15) is 69.0 Å². The van der Waals surface area contributed by atoms with Crippen LogP contribution in [-0.2, 0) is 22.4 Å². The van der Waals surface area contributed by atoms with Gasteiger partial charge in [-0.2, -0.15) is 0 Å². The number of rotatable bonds is 11. The smallest absolute Gasteiger partial charge is 0.315 e. The highest BCUT2D eigenvalue weighted by Crippen LogP contribution is 2.49. The number of aromatic nitrogens is 2. The van der Waals surface area contributed by atoms with Gasteiger partial charge in [0.1, 0.15) is 11.9 Å². The molecule has 1 atom stereocenters. The standard InChI is InChI=1S/C29H40FN5O4/c30-23-8-6-21(7-9-23)18-25(34-28(39)32-15-11-24-19-31-20-33-24)27(38)35-16-13-29(14-17-35,12-10-26(36)37)22-4-2-1-3-5-22/h6-9,19-20,22,25H,1-5,10-18H2,(H,31,33)(H,36,37)(H2,32,34,39)/t25-/m1/s1. The number of halogens is 1. The number of nitrogens with zero attached hydrogens (tertiary/aromatic N) is 2. The normalized spacial score (nSPS) is 18.3. The minimum Gasteiger partial charge on any atom is -0.481 e. The summed E-state index contributed by atoms with van der Waals surface area (Å²) in [5.41, 5.74) is 1.52. The van der Waals surface area contributed by atoms with Crippen molar-refractivity contribution in [1.29, 1.82) is 0 Å². The topological polar surface area (TPSA) is 127 Å². The molecule has 3 amide bonds. The Morgan fingerprint density at radius 2 is 1.85 bits per heavy atom. The zero-order valence-corrected chi connectivity index (χ0v) is 22.5. The summed E-state index contributed by atoms with van der Waals surface area (Å²) in [6.07, 6.45) is 12.3. The van der Waals surface area contributed by atoms with Crippen molar-refractivity contribution in [3.8, 4) is 0 Å². The number of aliphatic carboxylic acids is 1. The van der Waals surface area contributed by atoms with Gasteiger partial charge in [0.05, 0.1) is 12.0 Å². The Bertz CT molecular complexity index is 1080. The molecule has 0 unspecified atom stereocenters. The lowest BCUT2D eigenvalue weighted by atomic mass is 9.61. The molecule has 9 nitrogen and oxygen atoms in total. The molecule has 39 heavy (non-hydrogen) atoms. The number of piperidine rings is 1. The molecule has 2 fully saturated rings. The van der Waals surface area contributed by atoms with E-state index in [-0.39, 0.29) is 30.0 Å². The second kappa shape index (κ2) is 13.6. The molecule has 4 N–H and O–H groups in total. The maximum atomic E-state index is 13.7. The molecular formula is C29H40FN5O4. The molecule has 0 radical (unpaired) electrons. The molecule has 1 aliphatic heterocycles. The first-order valence-corrected chi connectivity index (χ1v) is 14.1. The summed E-state index contributed by atoms with van der Waals surface area (Å²) in [4.78, 5) is 46.7. The molecule has 1 aromatic heterocycles. The average Bonchev–Trinajstić information content (AvgIpc) is 3.47. The van der Waals surface area contributed by atoms with Crippen molar-refractivity contribution < 1.29 is 23.9 Å². The summed E-state index contributed by atoms with van der Waals surface area (Å²) in [6, 6.07) is 4.71. The lowest BCUT2D eigenvalue weighted by Gasteiger charge is -2.48. The van der Waals surface area contributed by atoms with E-state index >= 15 is 0 Å². The number of imidazole rings is 1. The van der Waals surface area contributed by atoms with Crippen LogP contribution in [0.5, 0.6) is 0 Å². The van der Waals surface area contributed by atoms with Crippen LogP contribution in [-0.4, -0.2) is 63.6 Å². The van der Waals surface area contributed by atoms with Crippen molar-refractivity contribution in [2.75, 3.05) is 19.6 Å². The summed E-state index contributed by atoms with van der Waals surface area (Å²) in [5.74, 6) is -0.804. The minimum atomic E-state index is -0.804. The number of carboxylic acids is 1. The molecule has 2 aromatic rings. The van der Waals surface area contributed by atoms with Crippen LogP contribution in [0.3, 0.4) is 0 Å². The summed E-state index contributed by atoms with van der Waals surface area (Å²) in [6.45, 7) is 1.44. The van der Waals surface area contributed by atoms with Gasteiger partial charge in [-0.15, -0.1) is 0 Å². The second-order valence-electron chi connectivity index (χ2n) is 11.0. The van der Waals surface area contributed by atoms with Gasteiger partial charge < -0.3 is 25.6 Å². The number of hydrogen-bond donors (Lipinski definition) is 4. The molecule has 2 aliphatic rings. The third kappa shape index (κ3) is 8.03. The van der Waals surface area contributed by atoms with E-state index in [1.165, 1.54) is 31.4 Å². The Balaban J connectivity index is 1.41. The van der Waals surface area contributed by atoms with Gasteiger partial charge in [0.25, 0.3) is 0 Å². The lowest BCUT2D eigenvalue weighted by Crippen LogP contribution is -2.55. The Morgan fingerprint density at radius 3 is 2.49 bits per heavy atom. The van der Waals surface area contributed by atoms with Gasteiger partial charge in [0.2, 0.25) is 5.91 Å². The molecule has 2 heterocycles. The fourth-order valence-electron chi connectivity index (χ4n) is 6.32. The molecule has 212 valence electrons. The van der Waals surface area contributed by atoms with E-state index in [1.807, 2.05) is 0 Å². The number of nitrogens with one attached hydrogen (secondary N) is 3. The van der Waals surface area contributed by atoms with Crippen molar-refractivity contribution in [2.45, 2.75) is 76.7 Å². The number of likely N-dealkylation sites (tertiary alicyclic amines) is 1. The monoisotopic (exact) mass is 541 g/mol. The second-order valence-corrected chi connectivity index (χ2v) is 11.0. The van der Waals surface area contributed by atoms with Crippen molar-refractivity contribution in [3.63, 3.8) is 0 Å². The molecule has 1 saturated heterocycles. The van der Waals surface area contributed by atoms with Crippen molar-refractivity contribution in [2.24, 2.45) is 11.3 Å². The van der Waals surface area contributed by atoms with Crippen molar-refractivity contribution >= 4 is 17.9 Å². The third-order valence-electron chi connectivity index (χ3n) is 8.56. The summed E-state index contributed by atoms with van der Waals surface area (Å²) in [7, 11) is 0. The summed E-state index contributed by atoms with van der Waals surface area (Å²) >= 11 is 0. The molecule has 10 heteroatoms. The SMILES string of the molecule is O=C(O)CCC1(C2CCCCC2)CCN(C(=O)[C@@H](Cc2ccc(F)cc2)NC(=O)NCCc2c[nH]cn2)CC1. The van der Waals surface area contributed by atoms with Crippen LogP contribution in [0, 0.1) is 17.2 Å². The van der Waals surface area contributed by atoms with Gasteiger partial charge in [0.15, 0.2) is 0 Å². The van der Waals surface area contributed by atoms with Gasteiger partial charge in [-0.05, 0) is 61.1 Å². The van der Waals surface area contributed by atoms with Crippen molar-refractivity contribution in [3.05, 3.63) is 53.9 Å². The number of H-pyrrole nitrogens is 1. The van der Waals surface area contributed by atoms with Crippen LogP contribution in [0.2, 0.25) is 0 Å². The molecular weight excluding hydrogens is 501 g/mol. The van der Waals surface area contributed by atoms with Crippen LogP contribution >= 0.6 is 0 Å². The number of carbonyl (C=O) groups excluding carboxylic acids is 2. The lowest BCUT2D eigenvalue weighted by molar-refractivity contribution is -0.140. The van der Waals surface area contributed by atoms with Gasteiger partial charge in [-0.25, -0.2) is 14.2 Å². The summed E-state index contributed by atoms with van der Waals surface area (Å²) < 4.78 is 13.5. The van der Waals surface area contributed by atoms with Crippen LogP contribution in [0.4, 0.5) is 9.18 Å². The first kappa shape index (κ1) is 28.6. The van der Waals surface area contributed by atoms with E-state index in [2.05, 4.69) is 20.6 Å². The summed E-state index contributed by atoms with van der Waals surface area (Å²) in [5, 5.41) is 15.0. The first-order valence-electron chi connectivity index (χ1n) is 14.1. The van der Waals surface area contributed by atoms with E-state index in [4.69, 9.17) is 0 Å². The largest absolute Gasteiger partial charge is 0.481 e. The minimum absolute atomic E-state index is 0.0564. The first-order chi connectivity index (χ1) is 18.8. The van der Waals surface area contributed by atoms with Crippen LogP contribution in [0.25, 0.3) is 0 Å². The van der Waals surface area contributed by atoms with E-state index in [0.29, 0.717) is 38.4 Å². The predicted octanol–water partition coefficient (Wildman–Crippen LogP) is 4.06. The van der Waals surface area contributed by atoms with E-state index in [9.17, 15) is 23.9 Å². The highest BCUT2D eigenvalue weighted by atomic mass is 19.1. The number of carbonyl (C=O) groups is 3. The maximum absolute atomic E-state index is 13.7. The molecule has 1 aromatic carbocycles. The number of carboxylic acid groups (broad SMARTS) is 1. The Hall–Kier alpha value is -3.43. The van der Waals surface area contributed by atoms with Gasteiger partial charge in [-0.3, -0.25) is 9.59 Å². The molecule has 0 spiro atoms.